The normalized spacial score (nSPS) is 12.4. The Hall–Kier alpha value is 0.350. The molecule has 0 heterocycles. The lowest BCUT2D eigenvalue weighted by molar-refractivity contribution is 0.311. The first-order valence-electron chi connectivity index (χ1n) is 6.55. The molecule has 0 aliphatic heterocycles. The van der Waals surface area contributed by atoms with Gasteiger partial charge in [-0.05, 0) is 35.7 Å². The van der Waals surface area contributed by atoms with E-state index in [0.717, 1.165) is 5.92 Å². The Morgan fingerprint density at radius 1 is 1.07 bits per heavy atom. The number of hydrogen-bond donors (Lipinski definition) is 0. The zero-order valence-corrected chi connectivity index (χ0v) is 12.3. The van der Waals surface area contributed by atoms with Crippen molar-refractivity contribution in [1.29, 1.82) is 0 Å². The molecule has 0 bridgehead atoms. The highest BCUT2D eigenvalue weighted by atomic mass is 32.2. The summed E-state index contributed by atoms with van der Waals surface area (Å²) in [4.78, 5) is 0. The van der Waals surface area contributed by atoms with Crippen molar-refractivity contribution in [3.8, 4) is 0 Å². The Kier molecular flexibility index (Phi) is 8.69. The van der Waals surface area contributed by atoms with E-state index in [2.05, 4.69) is 46.4 Å². The van der Waals surface area contributed by atoms with Gasteiger partial charge in [-0.3, -0.25) is 0 Å². The van der Waals surface area contributed by atoms with Gasteiger partial charge >= 0.3 is 0 Å². The van der Waals surface area contributed by atoms with Crippen molar-refractivity contribution in [2.24, 2.45) is 11.3 Å². The van der Waals surface area contributed by atoms with Crippen molar-refractivity contribution >= 4 is 11.8 Å². The van der Waals surface area contributed by atoms with Gasteiger partial charge in [0.2, 0.25) is 0 Å². The van der Waals surface area contributed by atoms with Gasteiger partial charge in [0.25, 0.3) is 0 Å². The monoisotopic (exact) mass is 230 g/mol. The maximum Gasteiger partial charge on any atom is -0.00444 e. The van der Waals surface area contributed by atoms with Crippen molar-refractivity contribution in [2.45, 2.75) is 66.7 Å². The second-order valence-corrected chi connectivity index (χ2v) is 6.99. The SMILES string of the molecule is CCCCCC(C)(C)CCSCC(C)C. The average molecular weight is 230 g/mol. The van der Waals surface area contributed by atoms with Crippen LogP contribution in [-0.4, -0.2) is 11.5 Å². The van der Waals surface area contributed by atoms with E-state index in [9.17, 15) is 0 Å². The highest BCUT2D eigenvalue weighted by molar-refractivity contribution is 7.99. The van der Waals surface area contributed by atoms with Crippen LogP contribution in [0, 0.1) is 11.3 Å². The molecule has 0 aromatic carbocycles. The third kappa shape index (κ3) is 10.6. The topological polar surface area (TPSA) is 0 Å². The largest absolute Gasteiger partial charge is 0.162 e. The molecule has 0 spiro atoms. The zero-order chi connectivity index (χ0) is 11.7. The lowest BCUT2D eigenvalue weighted by Crippen LogP contribution is -2.12. The molecular formula is C14H30S. The minimum absolute atomic E-state index is 0.569. The molecule has 0 unspecified atom stereocenters. The summed E-state index contributed by atoms with van der Waals surface area (Å²) in [5, 5.41) is 0. The minimum Gasteiger partial charge on any atom is -0.162 e. The van der Waals surface area contributed by atoms with Crippen LogP contribution in [0.2, 0.25) is 0 Å². The molecular weight excluding hydrogens is 200 g/mol. The molecule has 0 saturated carbocycles. The number of thioether (sulfide) groups is 1. The summed E-state index contributed by atoms with van der Waals surface area (Å²) in [5.41, 5.74) is 0.569. The van der Waals surface area contributed by atoms with Crippen molar-refractivity contribution in [1.82, 2.24) is 0 Å². The molecule has 92 valence electrons. The standard InChI is InChI=1S/C14H30S/c1-6-7-8-9-14(4,5)10-11-15-12-13(2)3/h13H,6-12H2,1-5H3. The van der Waals surface area contributed by atoms with Crippen molar-refractivity contribution < 1.29 is 0 Å². The average Bonchev–Trinajstić information content (AvgIpc) is 2.13. The summed E-state index contributed by atoms with van der Waals surface area (Å²) in [6.07, 6.45) is 6.95. The summed E-state index contributed by atoms with van der Waals surface area (Å²) in [6.45, 7) is 11.8. The highest BCUT2D eigenvalue weighted by Crippen LogP contribution is 2.29. The maximum absolute atomic E-state index is 2.43. The van der Waals surface area contributed by atoms with Crippen LogP contribution in [0.25, 0.3) is 0 Å². The predicted octanol–water partition coefficient (Wildman–Crippen LogP) is 5.37. The van der Waals surface area contributed by atoms with E-state index < -0.39 is 0 Å². The Labute approximate surface area is 102 Å². The molecule has 0 aromatic rings. The summed E-state index contributed by atoms with van der Waals surface area (Å²) < 4.78 is 0. The van der Waals surface area contributed by atoms with E-state index in [-0.39, 0.29) is 0 Å². The van der Waals surface area contributed by atoms with Gasteiger partial charge in [0.05, 0.1) is 0 Å². The lowest BCUT2D eigenvalue weighted by Gasteiger charge is -2.24. The van der Waals surface area contributed by atoms with E-state index in [1.165, 1.54) is 43.6 Å². The van der Waals surface area contributed by atoms with Gasteiger partial charge in [0, 0.05) is 0 Å². The first-order valence-corrected chi connectivity index (χ1v) is 7.71. The fraction of sp³-hybridized carbons (Fsp3) is 1.00. The van der Waals surface area contributed by atoms with Crippen LogP contribution in [0.5, 0.6) is 0 Å². The van der Waals surface area contributed by atoms with Crippen LogP contribution >= 0.6 is 11.8 Å². The van der Waals surface area contributed by atoms with Crippen molar-refractivity contribution in [3.63, 3.8) is 0 Å². The molecule has 1 heteroatoms. The first kappa shape index (κ1) is 15.3. The summed E-state index contributed by atoms with van der Waals surface area (Å²) >= 11 is 2.13. The Bertz CT molecular complexity index is 138. The van der Waals surface area contributed by atoms with Crippen LogP contribution in [0.4, 0.5) is 0 Å². The second kappa shape index (κ2) is 8.50. The molecule has 0 saturated heterocycles. The molecule has 0 aliphatic rings. The zero-order valence-electron chi connectivity index (χ0n) is 11.4. The van der Waals surface area contributed by atoms with Crippen molar-refractivity contribution in [2.75, 3.05) is 11.5 Å². The molecule has 0 N–H and O–H groups in total. The molecule has 0 radical (unpaired) electrons. The minimum atomic E-state index is 0.569. The maximum atomic E-state index is 2.43. The summed E-state index contributed by atoms with van der Waals surface area (Å²) in [5.74, 6) is 3.51. The Morgan fingerprint density at radius 2 is 1.73 bits per heavy atom. The molecule has 0 aliphatic carbocycles. The van der Waals surface area contributed by atoms with E-state index in [1.807, 2.05) is 0 Å². The third-order valence-corrected chi connectivity index (χ3v) is 4.23. The van der Waals surface area contributed by atoms with E-state index in [1.54, 1.807) is 0 Å². The Balaban J connectivity index is 3.46. The molecule has 0 atom stereocenters. The van der Waals surface area contributed by atoms with Gasteiger partial charge in [-0.2, -0.15) is 11.8 Å². The van der Waals surface area contributed by atoms with Crippen LogP contribution in [-0.2, 0) is 0 Å². The fourth-order valence-electron chi connectivity index (χ4n) is 1.65. The third-order valence-electron chi connectivity index (χ3n) is 2.83. The van der Waals surface area contributed by atoms with E-state index in [0.29, 0.717) is 5.41 Å². The number of hydrogen-bond acceptors (Lipinski definition) is 1. The Morgan fingerprint density at radius 3 is 2.27 bits per heavy atom. The van der Waals surface area contributed by atoms with Gasteiger partial charge in [-0.1, -0.05) is 53.9 Å². The highest BCUT2D eigenvalue weighted by Gasteiger charge is 2.16. The quantitative estimate of drug-likeness (QED) is 0.480. The van der Waals surface area contributed by atoms with Gasteiger partial charge < -0.3 is 0 Å². The molecule has 0 aromatic heterocycles. The second-order valence-electron chi connectivity index (χ2n) is 5.84. The first-order chi connectivity index (χ1) is 6.98. The van der Waals surface area contributed by atoms with E-state index in [4.69, 9.17) is 0 Å². The van der Waals surface area contributed by atoms with Crippen LogP contribution in [0.15, 0.2) is 0 Å². The number of unbranched alkanes of at least 4 members (excludes halogenated alkanes) is 2. The summed E-state index contributed by atoms with van der Waals surface area (Å²) in [7, 11) is 0. The molecule has 0 rings (SSSR count). The molecule has 0 amide bonds. The fourth-order valence-corrected chi connectivity index (χ4v) is 2.98. The van der Waals surface area contributed by atoms with Crippen LogP contribution in [0.1, 0.15) is 66.7 Å². The molecule has 0 nitrogen and oxygen atoms in total. The molecule has 0 fully saturated rings. The van der Waals surface area contributed by atoms with Crippen LogP contribution < -0.4 is 0 Å². The predicted molar refractivity (Wildman–Crippen MR) is 74.7 cm³/mol. The van der Waals surface area contributed by atoms with Gasteiger partial charge in [-0.25, -0.2) is 0 Å². The van der Waals surface area contributed by atoms with Gasteiger partial charge in [-0.15, -0.1) is 0 Å². The van der Waals surface area contributed by atoms with Gasteiger partial charge in [0.1, 0.15) is 0 Å². The lowest BCUT2D eigenvalue weighted by atomic mass is 9.84. The van der Waals surface area contributed by atoms with Crippen LogP contribution in [0.3, 0.4) is 0 Å². The van der Waals surface area contributed by atoms with Gasteiger partial charge in [0.15, 0.2) is 0 Å². The molecule has 15 heavy (non-hydrogen) atoms. The van der Waals surface area contributed by atoms with E-state index >= 15 is 0 Å². The smallest absolute Gasteiger partial charge is 0.00444 e. The number of rotatable bonds is 9. The summed E-state index contributed by atoms with van der Waals surface area (Å²) in [6, 6.07) is 0. The van der Waals surface area contributed by atoms with Crippen molar-refractivity contribution in [3.05, 3.63) is 0 Å².